The van der Waals surface area contributed by atoms with E-state index < -0.39 is 5.82 Å². The molecule has 0 heterocycles. The van der Waals surface area contributed by atoms with Crippen LogP contribution in [0.25, 0.3) is 0 Å². The molecule has 2 nitrogen and oxygen atoms in total. The molecule has 1 N–H and O–H groups in total. The van der Waals surface area contributed by atoms with Crippen LogP contribution in [0.2, 0.25) is 0 Å². The van der Waals surface area contributed by atoms with E-state index in [1.165, 1.54) is 18.2 Å². The largest absolute Gasteiger partial charge is 0.506 e. The number of ketones is 1. The van der Waals surface area contributed by atoms with Gasteiger partial charge in [0.15, 0.2) is 5.78 Å². The summed E-state index contributed by atoms with van der Waals surface area (Å²) in [4.78, 5) is 12.2. The van der Waals surface area contributed by atoms with E-state index in [9.17, 15) is 14.3 Å². The Morgan fingerprint density at radius 3 is 2.22 bits per heavy atom. The quantitative estimate of drug-likeness (QED) is 0.536. The van der Waals surface area contributed by atoms with Crippen LogP contribution < -0.4 is 0 Å². The lowest BCUT2D eigenvalue weighted by molar-refractivity contribution is 0.103. The number of halogens is 3. The molecule has 0 amide bonds. The molecular formula is C13H7FI2O2. The number of hydrogen-bond acceptors (Lipinski definition) is 2. The number of phenolic OH excluding ortho intramolecular Hbond substituents is 1. The average molecular weight is 468 g/mol. The van der Waals surface area contributed by atoms with Gasteiger partial charge < -0.3 is 5.11 Å². The monoisotopic (exact) mass is 468 g/mol. The third-order valence-corrected chi connectivity index (χ3v) is 4.04. The first-order valence-corrected chi connectivity index (χ1v) is 7.13. The molecule has 0 radical (unpaired) electrons. The molecule has 0 aromatic heterocycles. The lowest BCUT2D eigenvalue weighted by atomic mass is 10.0. The van der Waals surface area contributed by atoms with Crippen molar-refractivity contribution in [1.82, 2.24) is 0 Å². The Kier molecular flexibility index (Phi) is 4.21. The molecule has 0 saturated carbocycles. The van der Waals surface area contributed by atoms with E-state index in [0.29, 0.717) is 12.7 Å². The van der Waals surface area contributed by atoms with Gasteiger partial charge in [-0.15, -0.1) is 0 Å². The molecule has 0 aliphatic rings. The molecule has 92 valence electrons. The van der Waals surface area contributed by atoms with E-state index in [-0.39, 0.29) is 17.1 Å². The van der Waals surface area contributed by atoms with Crippen LogP contribution in [0.3, 0.4) is 0 Å². The maximum Gasteiger partial charge on any atom is 0.196 e. The molecule has 2 aromatic carbocycles. The fraction of sp³-hybridized carbons (Fsp3) is 0. The van der Waals surface area contributed by atoms with Crippen molar-refractivity contribution in [2.45, 2.75) is 0 Å². The van der Waals surface area contributed by atoms with Gasteiger partial charge in [-0.3, -0.25) is 4.79 Å². The van der Waals surface area contributed by atoms with Crippen molar-refractivity contribution in [2.24, 2.45) is 0 Å². The molecule has 0 saturated heterocycles. The Balaban J connectivity index is 2.51. The average Bonchev–Trinajstić information content (AvgIpc) is 2.35. The SMILES string of the molecule is O=C(c1cc(I)c(O)c(I)c1)c1ccccc1F. The van der Waals surface area contributed by atoms with Crippen LogP contribution in [-0.4, -0.2) is 10.9 Å². The summed E-state index contributed by atoms with van der Waals surface area (Å²) < 4.78 is 14.7. The minimum atomic E-state index is -0.541. The van der Waals surface area contributed by atoms with E-state index in [2.05, 4.69) is 0 Å². The molecule has 0 atom stereocenters. The molecule has 0 unspecified atom stereocenters. The summed E-state index contributed by atoms with van der Waals surface area (Å²) >= 11 is 3.87. The maximum atomic E-state index is 13.5. The van der Waals surface area contributed by atoms with Gasteiger partial charge in [0.25, 0.3) is 0 Å². The van der Waals surface area contributed by atoms with Crippen molar-refractivity contribution >= 4 is 51.0 Å². The molecule has 0 fully saturated rings. The fourth-order valence-electron chi connectivity index (χ4n) is 1.50. The first-order chi connectivity index (χ1) is 8.50. The van der Waals surface area contributed by atoms with Gasteiger partial charge in [-0.1, -0.05) is 12.1 Å². The Morgan fingerprint density at radius 2 is 1.67 bits per heavy atom. The highest BCUT2D eigenvalue weighted by atomic mass is 127. The second kappa shape index (κ2) is 5.52. The minimum Gasteiger partial charge on any atom is -0.506 e. The molecular weight excluding hydrogens is 461 g/mol. The van der Waals surface area contributed by atoms with E-state index >= 15 is 0 Å². The van der Waals surface area contributed by atoms with Crippen LogP contribution in [0.15, 0.2) is 36.4 Å². The molecule has 5 heteroatoms. The van der Waals surface area contributed by atoms with Gasteiger partial charge in [-0.25, -0.2) is 4.39 Å². The molecule has 2 aromatic rings. The zero-order valence-electron chi connectivity index (χ0n) is 8.95. The summed E-state index contributed by atoms with van der Waals surface area (Å²) in [5.74, 6) is -0.786. The van der Waals surface area contributed by atoms with Crippen molar-refractivity contribution in [3.8, 4) is 5.75 Å². The molecule has 2 rings (SSSR count). The summed E-state index contributed by atoms with van der Waals surface area (Å²) in [6, 6.07) is 8.95. The number of carbonyl (C=O) groups is 1. The van der Waals surface area contributed by atoms with Crippen molar-refractivity contribution in [3.63, 3.8) is 0 Å². The number of benzene rings is 2. The predicted molar refractivity (Wildman–Crippen MR) is 83.4 cm³/mol. The maximum absolute atomic E-state index is 13.5. The first-order valence-electron chi connectivity index (χ1n) is 4.98. The summed E-state index contributed by atoms with van der Waals surface area (Å²) in [6.45, 7) is 0. The molecule has 0 spiro atoms. The fourth-order valence-corrected chi connectivity index (χ4v) is 3.27. The zero-order valence-corrected chi connectivity index (χ0v) is 13.3. The molecule has 0 bridgehead atoms. The van der Waals surface area contributed by atoms with Crippen LogP contribution in [-0.2, 0) is 0 Å². The smallest absolute Gasteiger partial charge is 0.196 e. The Bertz CT molecular complexity index is 603. The van der Waals surface area contributed by atoms with E-state index in [1.54, 1.807) is 18.2 Å². The molecule has 0 aliphatic heterocycles. The lowest BCUT2D eigenvalue weighted by Crippen LogP contribution is -2.05. The number of rotatable bonds is 2. The standard InChI is InChI=1S/C13H7FI2O2/c14-9-4-2-1-3-8(9)12(17)7-5-10(15)13(18)11(16)6-7/h1-6,18H. The van der Waals surface area contributed by atoms with Gasteiger partial charge in [-0.2, -0.15) is 0 Å². The number of carbonyl (C=O) groups excluding carboxylic acids is 1. The number of aromatic hydroxyl groups is 1. The predicted octanol–water partition coefficient (Wildman–Crippen LogP) is 3.97. The Labute approximate surface area is 130 Å². The van der Waals surface area contributed by atoms with Gasteiger partial charge in [0, 0.05) is 5.56 Å². The van der Waals surface area contributed by atoms with Crippen molar-refractivity contribution in [1.29, 1.82) is 0 Å². The summed E-state index contributed by atoms with van der Waals surface area (Å²) in [6.07, 6.45) is 0. The second-order valence-corrected chi connectivity index (χ2v) is 5.92. The van der Waals surface area contributed by atoms with Crippen molar-refractivity contribution < 1.29 is 14.3 Å². The molecule has 0 aliphatic carbocycles. The van der Waals surface area contributed by atoms with Crippen molar-refractivity contribution in [3.05, 3.63) is 60.5 Å². The number of phenols is 1. The van der Waals surface area contributed by atoms with Gasteiger partial charge in [0.2, 0.25) is 0 Å². The van der Waals surface area contributed by atoms with Crippen molar-refractivity contribution in [2.75, 3.05) is 0 Å². The van der Waals surface area contributed by atoms with Crippen LogP contribution in [0.1, 0.15) is 15.9 Å². The van der Waals surface area contributed by atoms with Crippen LogP contribution in [0, 0.1) is 13.0 Å². The van der Waals surface area contributed by atoms with Gasteiger partial charge in [0.05, 0.1) is 12.7 Å². The normalized spacial score (nSPS) is 10.4. The Hall–Kier alpha value is -0.700. The van der Waals surface area contributed by atoms with Gasteiger partial charge >= 0.3 is 0 Å². The Morgan fingerprint density at radius 1 is 1.11 bits per heavy atom. The first kappa shape index (κ1) is 13.7. The van der Waals surface area contributed by atoms with E-state index in [1.807, 2.05) is 45.2 Å². The highest BCUT2D eigenvalue weighted by molar-refractivity contribution is 14.1. The summed E-state index contributed by atoms with van der Waals surface area (Å²) in [7, 11) is 0. The zero-order chi connectivity index (χ0) is 13.3. The third-order valence-electron chi connectivity index (χ3n) is 2.40. The second-order valence-electron chi connectivity index (χ2n) is 3.60. The molecule has 18 heavy (non-hydrogen) atoms. The van der Waals surface area contributed by atoms with Crippen LogP contribution in [0.4, 0.5) is 4.39 Å². The van der Waals surface area contributed by atoms with Gasteiger partial charge in [-0.05, 0) is 69.4 Å². The van der Waals surface area contributed by atoms with Crippen LogP contribution in [0.5, 0.6) is 5.75 Å². The lowest BCUT2D eigenvalue weighted by Gasteiger charge is -2.06. The highest BCUT2D eigenvalue weighted by Gasteiger charge is 2.16. The summed E-state index contributed by atoms with van der Waals surface area (Å²) in [5, 5.41) is 9.64. The number of hydrogen-bond donors (Lipinski definition) is 1. The topological polar surface area (TPSA) is 37.3 Å². The van der Waals surface area contributed by atoms with Crippen LogP contribution >= 0.6 is 45.2 Å². The van der Waals surface area contributed by atoms with E-state index in [0.717, 1.165) is 0 Å². The minimum absolute atomic E-state index is 0.0368. The highest BCUT2D eigenvalue weighted by Crippen LogP contribution is 2.28. The van der Waals surface area contributed by atoms with E-state index in [4.69, 9.17) is 0 Å². The third kappa shape index (κ3) is 2.66. The summed E-state index contributed by atoms with van der Waals surface area (Å²) in [5.41, 5.74) is 0.404. The van der Waals surface area contributed by atoms with Gasteiger partial charge in [0.1, 0.15) is 11.6 Å².